The number of piperidine rings is 1. The first kappa shape index (κ1) is 10.8. The van der Waals surface area contributed by atoms with Crippen LogP contribution in [0.5, 0.6) is 0 Å². The summed E-state index contributed by atoms with van der Waals surface area (Å²) in [5, 5.41) is 7.87. The molecule has 2 saturated heterocycles. The predicted molar refractivity (Wildman–Crippen MR) is 64.3 cm³/mol. The number of hydrazone groups is 1. The Hall–Kier alpha value is -1.30. The largest absolute Gasteiger partial charge is 0.339 e. The van der Waals surface area contributed by atoms with Gasteiger partial charge in [-0.3, -0.25) is 10.2 Å². The number of nitrogens with one attached hydrogen (secondary N) is 2. The summed E-state index contributed by atoms with van der Waals surface area (Å²) in [6, 6.07) is 0. The van der Waals surface area contributed by atoms with Gasteiger partial charge in [0.1, 0.15) is 12.0 Å². The van der Waals surface area contributed by atoms with Crippen molar-refractivity contribution < 1.29 is 4.79 Å². The van der Waals surface area contributed by atoms with Gasteiger partial charge in [0.05, 0.1) is 6.54 Å². The van der Waals surface area contributed by atoms with Gasteiger partial charge in [-0.1, -0.05) is 0 Å². The summed E-state index contributed by atoms with van der Waals surface area (Å²) in [5.41, 5.74) is 3.16. The van der Waals surface area contributed by atoms with Crippen molar-refractivity contribution in [2.45, 2.75) is 19.0 Å². The molecule has 3 aliphatic heterocycles. The summed E-state index contributed by atoms with van der Waals surface area (Å²) >= 11 is 0. The lowest BCUT2D eigenvalue weighted by Crippen LogP contribution is -2.56. The number of rotatable bonds is 2. The van der Waals surface area contributed by atoms with E-state index in [0.29, 0.717) is 5.92 Å². The molecular weight excluding hydrogens is 218 g/mol. The summed E-state index contributed by atoms with van der Waals surface area (Å²) in [4.78, 5) is 14.9. The van der Waals surface area contributed by atoms with E-state index < -0.39 is 0 Å². The Labute approximate surface area is 101 Å². The molecule has 1 unspecified atom stereocenters. The Kier molecular flexibility index (Phi) is 2.88. The zero-order valence-electron chi connectivity index (χ0n) is 9.93. The first-order valence-electron chi connectivity index (χ1n) is 6.38. The fraction of sp³-hybridized carbons (Fsp3) is 0.818. The molecule has 2 N–H and O–H groups in total. The van der Waals surface area contributed by atoms with E-state index in [4.69, 9.17) is 0 Å². The molecule has 0 aromatic rings. The van der Waals surface area contributed by atoms with Crippen LogP contribution in [0.1, 0.15) is 12.8 Å². The van der Waals surface area contributed by atoms with Gasteiger partial charge in [0, 0.05) is 19.0 Å². The van der Waals surface area contributed by atoms with Crippen LogP contribution in [0, 0.1) is 5.92 Å². The highest BCUT2D eigenvalue weighted by Crippen LogP contribution is 2.22. The van der Waals surface area contributed by atoms with Gasteiger partial charge >= 0.3 is 0 Å². The lowest BCUT2D eigenvalue weighted by molar-refractivity contribution is -0.120. The van der Waals surface area contributed by atoms with Crippen molar-refractivity contribution in [1.82, 2.24) is 20.5 Å². The summed E-state index contributed by atoms with van der Waals surface area (Å²) in [6.07, 6.45) is 3.46. The van der Waals surface area contributed by atoms with Gasteiger partial charge in [0.2, 0.25) is 6.41 Å². The molecule has 1 atom stereocenters. The Morgan fingerprint density at radius 2 is 2.12 bits per heavy atom. The van der Waals surface area contributed by atoms with E-state index >= 15 is 0 Å². The lowest BCUT2D eigenvalue weighted by Gasteiger charge is -2.38. The molecule has 1 amide bonds. The van der Waals surface area contributed by atoms with E-state index in [1.54, 1.807) is 0 Å². The number of carbonyl (C=O) groups excluding carboxylic acids is 1. The number of amidine groups is 1. The molecule has 94 valence electrons. The van der Waals surface area contributed by atoms with E-state index in [1.165, 1.54) is 18.7 Å². The molecule has 0 aliphatic carbocycles. The highest BCUT2D eigenvalue weighted by atomic mass is 16.1. The van der Waals surface area contributed by atoms with Gasteiger partial charge < -0.3 is 15.1 Å². The molecule has 3 heterocycles. The minimum Gasteiger partial charge on any atom is -0.339 e. The third-order valence-corrected chi connectivity index (χ3v) is 3.89. The average molecular weight is 237 g/mol. The summed E-state index contributed by atoms with van der Waals surface area (Å²) in [5.74, 6) is 1.79. The number of piperazine rings is 1. The van der Waals surface area contributed by atoms with Crippen LogP contribution in [0.2, 0.25) is 0 Å². The van der Waals surface area contributed by atoms with E-state index in [9.17, 15) is 4.79 Å². The third-order valence-electron chi connectivity index (χ3n) is 3.89. The number of fused-ring (bicyclic) bond motifs is 1. The maximum atomic E-state index is 10.8. The van der Waals surface area contributed by atoms with Gasteiger partial charge in [0.15, 0.2) is 0 Å². The minimum absolute atomic E-state index is 0.193. The topological polar surface area (TPSA) is 60.0 Å². The second-order valence-corrected chi connectivity index (χ2v) is 4.93. The number of amides is 1. The van der Waals surface area contributed by atoms with Crippen molar-refractivity contribution in [3.05, 3.63) is 0 Å². The molecule has 0 aromatic heterocycles. The SMILES string of the molecule is O=CN1CCN2C(C3CCNCC3)=NNC2C1. The minimum atomic E-state index is 0.193. The van der Waals surface area contributed by atoms with Crippen molar-refractivity contribution >= 4 is 12.2 Å². The first-order valence-corrected chi connectivity index (χ1v) is 6.38. The van der Waals surface area contributed by atoms with Crippen LogP contribution in [0.15, 0.2) is 5.10 Å². The zero-order valence-corrected chi connectivity index (χ0v) is 9.93. The summed E-state index contributed by atoms with van der Waals surface area (Å²) in [7, 11) is 0. The molecule has 0 bridgehead atoms. The van der Waals surface area contributed by atoms with Gasteiger partial charge in [-0.15, -0.1) is 0 Å². The molecule has 0 saturated carbocycles. The molecule has 6 nitrogen and oxygen atoms in total. The number of hydrogen-bond acceptors (Lipinski definition) is 5. The van der Waals surface area contributed by atoms with Gasteiger partial charge in [-0.2, -0.15) is 5.10 Å². The molecule has 0 aromatic carbocycles. The number of nitrogens with zero attached hydrogens (tertiary/aromatic N) is 3. The van der Waals surface area contributed by atoms with E-state index in [0.717, 1.165) is 39.1 Å². The van der Waals surface area contributed by atoms with Gasteiger partial charge in [0.25, 0.3) is 0 Å². The van der Waals surface area contributed by atoms with Crippen LogP contribution >= 0.6 is 0 Å². The second kappa shape index (κ2) is 4.52. The molecule has 2 fully saturated rings. The second-order valence-electron chi connectivity index (χ2n) is 4.93. The molecule has 0 radical (unpaired) electrons. The molecule has 0 spiro atoms. The van der Waals surface area contributed by atoms with Crippen molar-refractivity contribution in [3.63, 3.8) is 0 Å². The molecule has 3 rings (SSSR count). The van der Waals surface area contributed by atoms with Gasteiger partial charge in [-0.25, -0.2) is 0 Å². The van der Waals surface area contributed by atoms with Crippen molar-refractivity contribution in [2.75, 3.05) is 32.7 Å². The van der Waals surface area contributed by atoms with Crippen LogP contribution in [0.25, 0.3) is 0 Å². The number of hydrogen-bond donors (Lipinski definition) is 2. The summed E-state index contributed by atoms with van der Waals surface area (Å²) < 4.78 is 0. The number of carbonyl (C=O) groups is 1. The van der Waals surface area contributed by atoms with E-state index in [1.807, 2.05) is 4.90 Å². The van der Waals surface area contributed by atoms with Crippen LogP contribution in [-0.2, 0) is 4.79 Å². The molecule has 3 aliphatic rings. The third kappa shape index (κ3) is 1.97. The Balaban J connectivity index is 1.66. The molecule has 6 heteroatoms. The predicted octanol–water partition coefficient (Wildman–Crippen LogP) is -0.997. The summed E-state index contributed by atoms with van der Waals surface area (Å²) in [6.45, 7) is 4.62. The quantitative estimate of drug-likeness (QED) is 0.605. The average Bonchev–Trinajstić information content (AvgIpc) is 2.82. The Bertz CT molecular complexity index is 326. The van der Waals surface area contributed by atoms with Gasteiger partial charge in [-0.05, 0) is 25.9 Å². The van der Waals surface area contributed by atoms with Crippen LogP contribution in [0.3, 0.4) is 0 Å². The highest BCUT2D eigenvalue weighted by Gasteiger charge is 2.36. The Morgan fingerprint density at radius 3 is 2.88 bits per heavy atom. The lowest BCUT2D eigenvalue weighted by atomic mass is 9.96. The maximum Gasteiger partial charge on any atom is 0.209 e. The standard InChI is InChI=1S/C11H19N5O/c17-8-15-5-6-16-10(7-15)13-14-11(16)9-1-3-12-4-2-9/h8-10,12-13H,1-7H2. The first-order chi connectivity index (χ1) is 8.38. The van der Waals surface area contributed by atoms with Crippen molar-refractivity contribution in [2.24, 2.45) is 11.0 Å². The maximum absolute atomic E-state index is 10.8. The smallest absolute Gasteiger partial charge is 0.209 e. The van der Waals surface area contributed by atoms with E-state index in [-0.39, 0.29) is 6.17 Å². The fourth-order valence-electron chi connectivity index (χ4n) is 2.90. The van der Waals surface area contributed by atoms with Crippen LogP contribution in [-0.4, -0.2) is 60.9 Å². The Morgan fingerprint density at radius 1 is 1.29 bits per heavy atom. The highest BCUT2D eigenvalue weighted by molar-refractivity contribution is 5.86. The fourth-order valence-corrected chi connectivity index (χ4v) is 2.90. The van der Waals surface area contributed by atoms with E-state index in [2.05, 4.69) is 20.7 Å². The van der Waals surface area contributed by atoms with Crippen molar-refractivity contribution in [1.29, 1.82) is 0 Å². The van der Waals surface area contributed by atoms with Crippen LogP contribution in [0.4, 0.5) is 0 Å². The zero-order chi connectivity index (χ0) is 11.7. The molecular formula is C11H19N5O. The monoisotopic (exact) mass is 237 g/mol. The van der Waals surface area contributed by atoms with Crippen LogP contribution < -0.4 is 10.7 Å². The molecule has 17 heavy (non-hydrogen) atoms. The van der Waals surface area contributed by atoms with Crippen molar-refractivity contribution in [3.8, 4) is 0 Å². The normalized spacial score (nSPS) is 29.6.